The maximum atomic E-state index is 17.9. The second-order valence-electron chi connectivity index (χ2n) is 18.8. The summed E-state index contributed by atoms with van der Waals surface area (Å²) >= 11 is 0. The third-order valence-corrected chi connectivity index (χ3v) is 17.9. The number of benzene rings is 13. The van der Waals surface area contributed by atoms with Crippen molar-refractivity contribution >= 4 is 110 Å². The van der Waals surface area contributed by atoms with Gasteiger partial charge in [-0.15, -0.1) is 0 Å². The number of rotatable bonds is 7. The number of nitrogens with zero attached hydrogens (tertiary/aromatic N) is 4. The highest BCUT2D eigenvalue weighted by Crippen LogP contribution is 2.52. The van der Waals surface area contributed by atoms with Gasteiger partial charge in [-0.05, 0) is 114 Å². The molecule has 0 aliphatic rings. The molecule has 334 valence electrons. The minimum absolute atomic E-state index is 0.667. The van der Waals surface area contributed by atoms with E-state index in [1.165, 1.54) is 10.8 Å². The summed E-state index contributed by atoms with van der Waals surface area (Å²) in [7, 11) is -3.83. The SMILES string of the molecule is O=P(c1ccccc1)(c1cc(-c2ccccc2)c2ccc3nc(-c4ccc5ccccc5c4)nc4ccc1c2c34)c1cc(-c2ccccc2)c2ccc3nc(-c4ccc5ccccc5c4)nc4ccc1c2c34. The van der Waals surface area contributed by atoms with Crippen molar-refractivity contribution < 1.29 is 4.57 Å². The average Bonchev–Trinajstić information content (AvgIpc) is 3.45. The Bertz CT molecular complexity index is 4400. The molecule has 2 heterocycles. The monoisotopic (exact) mass is 934 g/mol. The predicted octanol–water partition coefficient (Wildman–Crippen LogP) is 15.7. The minimum Gasteiger partial charge on any atom is -0.309 e. The maximum Gasteiger partial charge on any atom is 0.172 e. The summed E-state index contributed by atoms with van der Waals surface area (Å²) in [6, 6.07) is 82.2. The van der Waals surface area contributed by atoms with Crippen LogP contribution in [0.4, 0.5) is 0 Å². The van der Waals surface area contributed by atoms with Gasteiger partial charge in [-0.1, -0.05) is 188 Å². The quantitative estimate of drug-likeness (QED) is 0.118. The lowest BCUT2D eigenvalue weighted by molar-refractivity contribution is 0.593. The Balaban J connectivity index is 1.04. The molecular formula is C66H39N4OP. The highest BCUT2D eigenvalue weighted by atomic mass is 31.2. The molecule has 15 aromatic rings. The smallest absolute Gasteiger partial charge is 0.172 e. The Hall–Kier alpha value is -9.15. The lowest BCUT2D eigenvalue weighted by Crippen LogP contribution is -2.27. The molecule has 0 bridgehead atoms. The summed E-state index contributed by atoms with van der Waals surface area (Å²) in [5.41, 5.74) is 9.33. The van der Waals surface area contributed by atoms with Gasteiger partial charge in [0.25, 0.3) is 0 Å². The second kappa shape index (κ2) is 15.7. The van der Waals surface area contributed by atoms with Crippen molar-refractivity contribution in [3.63, 3.8) is 0 Å². The van der Waals surface area contributed by atoms with E-state index in [1.54, 1.807) is 0 Å². The molecule has 0 atom stereocenters. The summed E-state index contributed by atoms with van der Waals surface area (Å²) in [4.78, 5) is 21.2. The molecule has 0 amide bonds. The second-order valence-corrected chi connectivity index (χ2v) is 21.5. The van der Waals surface area contributed by atoms with Gasteiger partial charge in [-0.3, -0.25) is 0 Å². The largest absolute Gasteiger partial charge is 0.309 e. The Morgan fingerprint density at radius 1 is 0.278 bits per heavy atom. The molecule has 0 N–H and O–H groups in total. The zero-order valence-electron chi connectivity index (χ0n) is 38.7. The van der Waals surface area contributed by atoms with Crippen LogP contribution in [0.1, 0.15) is 0 Å². The molecule has 0 unspecified atom stereocenters. The van der Waals surface area contributed by atoms with E-state index in [1.807, 2.05) is 42.5 Å². The highest BCUT2D eigenvalue weighted by Gasteiger charge is 2.36. The molecule has 0 spiro atoms. The number of fused-ring (bicyclic) bond motifs is 2. The zero-order chi connectivity index (χ0) is 47.5. The van der Waals surface area contributed by atoms with Crippen molar-refractivity contribution in [3.8, 4) is 45.0 Å². The van der Waals surface area contributed by atoms with Crippen LogP contribution < -0.4 is 15.9 Å². The maximum absolute atomic E-state index is 17.9. The van der Waals surface area contributed by atoms with Crippen molar-refractivity contribution in [1.82, 2.24) is 19.9 Å². The van der Waals surface area contributed by atoms with Gasteiger partial charge in [0.05, 0.1) is 22.1 Å². The number of aromatic nitrogens is 4. The molecule has 2 aromatic heterocycles. The molecule has 0 saturated heterocycles. The van der Waals surface area contributed by atoms with Crippen LogP contribution >= 0.6 is 7.14 Å². The van der Waals surface area contributed by atoms with Gasteiger partial charge in [0, 0.05) is 48.6 Å². The van der Waals surface area contributed by atoms with Crippen molar-refractivity contribution in [3.05, 3.63) is 237 Å². The van der Waals surface area contributed by atoms with E-state index in [2.05, 4.69) is 194 Å². The predicted molar refractivity (Wildman–Crippen MR) is 301 cm³/mol. The van der Waals surface area contributed by atoms with E-state index in [-0.39, 0.29) is 0 Å². The van der Waals surface area contributed by atoms with Crippen molar-refractivity contribution in [1.29, 1.82) is 0 Å². The van der Waals surface area contributed by atoms with Gasteiger partial charge in [0.2, 0.25) is 0 Å². The Morgan fingerprint density at radius 3 is 1.06 bits per heavy atom. The summed E-state index contributed by atoms with van der Waals surface area (Å²) in [6.45, 7) is 0. The fourth-order valence-electron chi connectivity index (χ4n) is 11.5. The minimum atomic E-state index is -3.83. The first kappa shape index (κ1) is 40.7. The van der Waals surface area contributed by atoms with Gasteiger partial charge in [-0.25, -0.2) is 19.9 Å². The third-order valence-electron chi connectivity index (χ3n) is 14.8. The summed E-state index contributed by atoms with van der Waals surface area (Å²) in [5.74, 6) is 1.33. The third kappa shape index (κ3) is 6.11. The Kier molecular flexibility index (Phi) is 8.87. The first-order valence-corrected chi connectivity index (χ1v) is 26.0. The van der Waals surface area contributed by atoms with Crippen LogP contribution in [0.3, 0.4) is 0 Å². The van der Waals surface area contributed by atoms with Crippen LogP contribution in [0.2, 0.25) is 0 Å². The van der Waals surface area contributed by atoms with Gasteiger partial charge >= 0.3 is 0 Å². The van der Waals surface area contributed by atoms with Crippen LogP contribution in [0.5, 0.6) is 0 Å². The molecular weight excluding hydrogens is 896 g/mol. The molecule has 13 aromatic carbocycles. The fourth-order valence-corrected chi connectivity index (χ4v) is 14.5. The first-order chi connectivity index (χ1) is 35.5. The van der Waals surface area contributed by atoms with Gasteiger partial charge in [-0.2, -0.15) is 0 Å². The average molecular weight is 935 g/mol. The number of hydrogen-bond acceptors (Lipinski definition) is 5. The molecule has 0 saturated carbocycles. The lowest BCUT2D eigenvalue weighted by atomic mass is 9.92. The summed E-state index contributed by atoms with van der Waals surface area (Å²) < 4.78 is 17.9. The Morgan fingerprint density at radius 2 is 0.639 bits per heavy atom. The summed E-state index contributed by atoms with van der Waals surface area (Å²) in [5, 5.41) is 14.7. The normalized spacial score (nSPS) is 12.2. The van der Waals surface area contributed by atoms with Crippen molar-refractivity contribution in [2.45, 2.75) is 0 Å². The van der Waals surface area contributed by atoms with Gasteiger partial charge < -0.3 is 4.57 Å². The molecule has 0 aliphatic heterocycles. The van der Waals surface area contributed by atoms with Crippen LogP contribution in [-0.2, 0) is 4.57 Å². The van der Waals surface area contributed by atoms with Gasteiger partial charge in [0.1, 0.15) is 0 Å². The molecule has 72 heavy (non-hydrogen) atoms. The van der Waals surface area contributed by atoms with Crippen LogP contribution in [0.25, 0.3) is 132 Å². The first-order valence-electron chi connectivity index (χ1n) is 24.3. The highest BCUT2D eigenvalue weighted by molar-refractivity contribution is 7.86. The summed E-state index contributed by atoms with van der Waals surface area (Å²) in [6.07, 6.45) is 0. The van der Waals surface area contributed by atoms with Gasteiger partial charge in [0.15, 0.2) is 18.8 Å². The van der Waals surface area contributed by atoms with Crippen LogP contribution in [-0.4, -0.2) is 19.9 Å². The van der Waals surface area contributed by atoms with E-state index >= 15 is 4.57 Å². The van der Waals surface area contributed by atoms with E-state index in [9.17, 15) is 0 Å². The fraction of sp³-hybridized carbons (Fsp3) is 0. The number of hydrogen-bond donors (Lipinski definition) is 0. The zero-order valence-corrected chi connectivity index (χ0v) is 39.6. The van der Waals surface area contributed by atoms with Crippen LogP contribution in [0.15, 0.2) is 237 Å². The molecule has 6 heteroatoms. The standard InChI is InChI=1S/C66H39N4OP/c71-72(48-22-8-3-9-23-48,59-38-53(42-16-4-1-5-17-42)49-28-32-55-63-57(34-30-51(59)61(49)63)69-65(67-55)46-26-24-40-14-10-12-20-44(40)36-46)60-39-54(43-18-6-2-7-19-43)50-29-33-56-64-58(35-31-52(60)62(50)64)70-66(68-56)47-27-25-41-15-11-13-21-45(41)37-47/h1-39H. The molecule has 15 rings (SSSR count). The molecule has 5 nitrogen and oxygen atoms in total. The van der Waals surface area contributed by atoms with E-state index in [0.29, 0.717) is 11.6 Å². The van der Waals surface area contributed by atoms with E-state index in [4.69, 9.17) is 19.9 Å². The van der Waals surface area contributed by atoms with Crippen LogP contribution in [0, 0.1) is 0 Å². The topological polar surface area (TPSA) is 68.6 Å². The van der Waals surface area contributed by atoms with E-state index < -0.39 is 7.14 Å². The molecule has 0 radical (unpaired) electrons. The van der Waals surface area contributed by atoms with Crippen molar-refractivity contribution in [2.75, 3.05) is 0 Å². The lowest BCUT2D eigenvalue weighted by Gasteiger charge is -2.27. The molecule has 0 fully saturated rings. The molecule has 0 aliphatic carbocycles. The van der Waals surface area contributed by atoms with Crippen molar-refractivity contribution in [2.24, 2.45) is 0 Å². The Labute approximate surface area is 413 Å². The van der Waals surface area contributed by atoms with E-state index in [0.717, 1.165) is 125 Å².